The number of amides is 1. The van der Waals surface area contributed by atoms with Gasteiger partial charge in [-0.2, -0.15) is 0 Å². The highest BCUT2D eigenvalue weighted by atomic mass is 16.2. The first-order valence-corrected chi connectivity index (χ1v) is 9.55. The molecule has 0 heterocycles. The summed E-state index contributed by atoms with van der Waals surface area (Å²) in [6.45, 7) is 8.26. The van der Waals surface area contributed by atoms with Crippen molar-refractivity contribution >= 4 is 5.91 Å². The fraction of sp³-hybridized carbons (Fsp3) is 0.667. The molecule has 0 aliphatic carbocycles. The highest BCUT2D eigenvalue weighted by Gasteiger charge is 2.16. The molecule has 2 nitrogen and oxygen atoms in total. The molecule has 0 aliphatic heterocycles. The first-order chi connectivity index (χ1) is 11.2. The van der Waals surface area contributed by atoms with Gasteiger partial charge < -0.3 is 4.90 Å². The van der Waals surface area contributed by atoms with Crippen molar-refractivity contribution < 1.29 is 4.79 Å². The Kier molecular flexibility index (Phi) is 10.4. The zero-order chi connectivity index (χ0) is 16.9. The molecule has 1 amide bonds. The van der Waals surface area contributed by atoms with Gasteiger partial charge in [-0.1, -0.05) is 77.0 Å². The molecular formula is C21H35NO. The molecule has 1 rings (SSSR count). The van der Waals surface area contributed by atoms with Gasteiger partial charge in [0.15, 0.2) is 0 Å². The van der Waals surface area contributed by atoms with Gasteiger partial charge in [-0.3, -0.25) is 4.79 Å². The van der Waals surface area contributed by atoms with Crippen LogP contribution in [0.4, 0.5) is 0 Å². The van der Waals surface area contributed by atoms with E-state index < -0.39 is 0 Å². The van der Waals surface area contributed by atoms with Crippen LogP contribution in [0.1, 0.15) is 87.6 Å². The Morgan fingerprint density at radius 1 is 0.826 bits per heavy atom. The van der Waals surface area contributed by atoms with E-state index in [0.29, 0.717) is 0 Å². The van der Waals surface area contributed by atoms with Crippen LogP contribution in [-0.4, -0.2) is 23.9 Å². The Morgan fingerprint density at radius 2 is 1.39 bits per heavy atom. The van der Waals surface area contributed by atoms with Crippen molar-refractivity contribution in [3.05, 3.63) is 35.4 Å². The first kappa shape index (κ1) is 19.7. The van der Waals surface area contributed by atoms with Crippen LogP contribution in [0.2, 0.25) is 0 Å². The number of carbonyl (C=O) groups is 1. The van der Waals surface area contributed by atoms with Crippen LogP contribution in [-0.2, 0) is 0 Å². The van der Waals surface area contributed by atoms with Gasteiger partial charge in [-0.25, -0.2) is 0 Å². The number of unbranched alkanes of at least 4 members (excludes halogenated alkanes) is 7. The Bertz CT molecular complexity index is 441. The summed E-state index contributed by atoms with van der Waals surface area (Å²) in [5.74, 6) is 0.211. The predicted octanol–water partition coefficient (Wildman–Crippen LogP) is 5.99. The standard InChI is InChI=1S/C21H35NO/c1-4-6-8-9-10-11-14-18-22(17-7-5-2)21(23)20-16-13-12-15-19(20)3/h12-13,15-16H,4-11,14,17-18H2,1-3H3. The summed E-state index contributed by atoms with van der Waals surface area (Å²) in [5, 5.41) is 0. The summed E-state index contributed by atoms with van der Waals surface area (Å²) in [6, 6.07) is 7.95. The van der Waals surface area contributed by atoms with E-state index in [1.165, 1.54) is 38.5 Å². The second-order valence-electron chi connectivity index (χ2n) is 6.58. The van der Waals surface area contributed by atoms with Crippen LogP contribution < -0.4 is 0 Å². The average molecular weight is 318 g/mol. The molecule has 0 N–H and O–H groups in total. The van der Waals surface area contributed by atoms with Crippen molar-refractivity contribution in [1.82, 2.24) is 4.90 Å². The summed E-state index contributed by atoms with van der Waals surface area (Å²) in [6.07, 6.45) is 11.3. The van der Waals surface area contributed by atoms with Crippen LogP contribution in [0.15, 0.2) is 24.3 Å². The summed E-state index contributed by atoms with van der Waals surface area (Å²) in [4.78, 5) is 14.9. The normalized spacial score (nSPS) is 10.7. The summed E-state index contributed by atoms with van der Waals surface area (Å²) >= 11 is 0. The van der Waals surface area contributed by atoms with Crippen molar-refractivity contribution in [3.8, 4) is 0 Å². The molecule has 1 aromatic carbocycles. The molecule has 0 aromatic heterocycles. The Balaban J connectivity index is 2.46. The van der Waals surface area contributed by atoms with Gasteiger partial charge in [-0.05, 0) is 31.4 Å². The quantitative estimate of drug-likeness (QED) is 0.434. The first-order valence-electron chi connectivity index (χ1n) is 9.55. The van der Waals surface area contributed by atoms with Gasteiger partial charge in [0.2, 0.25) is 0 Å². The van der Waals surface area contributed by atoms with E-state index in [2.05, 4.69) is 18.7 Å². The molecule has 0 unspecified atom stereocenters. The number of hydrogen-bond donors (Lipinski definition) is 0. The minimum atomic E-state index is 0.211. The smallest absolute Gasteiger partial charge is 0.254 e. The Morgan fingerprint density at radius 3 is 2.04 bits per heavy atom. The minimum Gasteiger partial charge on any atom is -0.339 e. The molecule has 0 atom stereocenters. The maximum absolute atomic E-state index is 12.8. The molecule has 1 aromatic rings. The van der Waals surface area contributed by atoms with Crippen molar-refractivity contribution in [1.29, 1.82) is 0 Å². The molecule has 2 heteroatoms. The molecule has 0 aliphatic rings. The maximum atomic E-state index is 12.8. The van der Waals surface area contributed by atoms with E-state index in [0.717, 1.165) is 43.5 Å². The van der Waals surface area contributed by atoms with Gasteiger partial charge in [0.1, 0.15) is 0 Å². The molecule has 0 fully saturated rings. The van der Waals surface area contributed by atoms with Gasteiger partial charge in [0.25, 0.3) is 5.91 Å². The molecule has 0 saturated carbocycles. The summed E-state index contributed by atoms with van der Waals surface area (Å²) < 4.78 is 0. The van der Waals surface area contributed by atoms with Crippen molar-refractivity contribution in [2.45, 2.75) is 78.6 Å². The Hall–Kier alpha value is -1.31. The van der Waals surface area contributed by atoms with Crippen LogP contribution in [0.3, 0.4) is 0 Å². The molecular weight excluding hydrogens is 282 g/mol. The summed E-state index contributed by atoms with van der Waals surface area (Å²) in [5.41, 5.74) is 1.95. The largest absolute Gasteiger partial charge is 0.339 e. The molecule has 23 heavy (non-hydrogen) atoms. The fourth-order valence-corrected chi connectivity index (χ4v) is 2.91. The number of carbonyl (C=O) groups excluding carboxylic acids is 1. The topological polar surface area (TPSA) is 20.3 Å². The number of nitrogens with zero attached hydrogens (tertiary/aromatic N) is 1. The van der Waals surface area contributed by atoms with E-state index in [1.807, 2.05) is 31.2 Å². The second kappa shape index (κ2) is 12.2. The number of benzene rings is 1. The third-order valence-electron chi connectivity index (χ3n) is 4.48. The summed E-state index contributed by atoms with van der Waals surface area (Å²) in [7, 11) is 0. The van der Waals surface area contributed by atoms with Crippen LogP contribution >= 0.6 is 0 Å². The average Bonchev–Trinajstić information content (AvgIpc) is 2.56. The minimum absolute atomic E-state index is 0.211. The Labute approximate surface area is 143 Å². The monoisotopic (exact) mass is 317 g/mol. The van der Waals surface area contributed by atoms with Crippen molar-refractivity contribution in [3.63, 3.8) is 0 Å². The van der Waals surface area contributed by atoms with Crippen LogP contribution in [0.5, 0.6) is 0 Å². The van der Waals surface area contributed by atoms with Gasteiger partial charge in [-0.15, -0.1) is 0 Å². The van der Waals surface area contributed by atoms with Gasteiger partial charge in [0.05, 0.1) is 0 Å². The second-order valence-corrected chi connectivity index (χ2v) is 6.58. The maximum Gasteiger partial charge on any atom is 0.254 e. The van der Waals surface area contributed by atoms with Gasteiger partial charge >= 0.3 is 0 Å². The van der Waals surface area contributed by atoms with E-state index in [1.54, 1.807) is 0 Å². The predicted molar refractivity (Wildman–Crippen MR) is 100.0 cm³/mol. The molecule has 0 radical (unpaired) electrons. The van der Waals surface area contributed by atoms with Crippen molar-refractivity contribution in [2.75, 3.05) is 13.1 Å². The zero-order valence-electron chi connectivity index (χ0n) is 15.4. The lowest BCUT2D eigenvalue weighted by molar-refractivity contribution is 0.0749. The third-order valence-corrected chi connectivity index (χ3v) is 4.48. The number of rotatable bonds is 12. The van der Waals surface area contributed by atoms with Crippen LogP contribution in [0, 0.1) is 6.92 Å². The molecule has 130 valence electrons. The molecule has 0 bridgehead atoms. The highest BCUT2D eigenvalue weighted by Crippen LogP contribution is 2.13. The fourth-order valence-electron chi connectivity index (χ4n) is 2.91. The third kappa shape index (κ3) is 7.67. The molecule has 0 spiro atoms. The zero-order valence-corrected chi connectivity index (χ0v) is 15.4. The van der Waals surface area contributed by atoms with E-state index in [4.69, 9.17) is 0 Å². The highest BCUT2D eigenvalue weighted by molar-refractivity contribution is 5.95. The lowest BCUT2D eigenvalue weighted by Crippen LogP contribution is -2.33. The SMILES string of the molecule is CCCCCCCCCN(CCCC)C(=O)c1ccccc1C. The number of hydrogen-bond acceptors (Lipinski definition) is 1. The molecule has 0 saturated heterocycles. The van der Waals surface area contributed by atoms with Crippen LogP contribution in [0.25, 0.3) is 0 Å². The van der Waals surface area contributed by atoms with E-state index >= 15 is 0 Å². The number of aryl methyl sites for hydroxylation is 1. The van der Waals surface area contributed by atoms with Gasteiger partial charge in [0, 0.05) is 18.7 Å². The van der Waals surface area contributed by atoms with E-state index in [-0.39, 0.29) is 5.91 Å². The lowest BCUT2D eigenvalue weighted by Gasteiger charge is -2.23. The lowest BCUT2D eigenvalue weighted by atomic mass is 10.1. The van der Waals surface area contributed by atoms with E-state index in [9.17, 15) is 4.79 Å². The van der Waals surface area contributed by atoms with Crippen molar-refractivity contribution in [2.24, 2.45) is 0 Å².